The number of hydrogen-bond acceptors (Lipinski definition) is 7. The summed E-state index contributed by atoms with van der Waals surface area (Å²) in [7, 11) is 1.45. The molecule has 2 aromatic rings. The summed E-state index contributed by atoms with van der Waals surface area (Å²) in [6.45, 7) is 4.02. The Morgan fingerprint density at radius 1 is 1.15 bits per heavy atom. The molecule has 2 aliphatic rings. The summed E-state index contributed by atoms with van der Waals surface area (Å²) >= 11 is 0. The van der Waals surface area contributed by atoms with Gasteiger partial charge in [-0.25, -0.2) is 0 Å². The second-order valence-electron chi connectivity index (χ2n) is 9.04. The van der Waals surface area contributed by atoms with Gasteiger partial charge < -0.3 is 15.6 Å². The lowest BCUT2D eigenvalue weighted by Gasteiger charge is -2.44. The number of hydrogen-bond donors (Lipinski definition) is 2. The number of Topliss-reactive ketones (excluding diaryl/α,β-unsaturated/α-hetero) is 1. The summed E-state index contributed by atoms with van der Waals surface area (Å²) in [5.41, 5.74) is 9.09. The van der Waals surface area contributed by atoms with Gasteiger partial charge >= 0.3 is 0 Å². The molecular formula is C26H24N4O3. The highest BCUT2D eigenvalue weighted by molar-refractivity contribution is 6.02. The van der Waals surface area contributed by atoms with Crippen LogP contribution in [0.15, 0.2) is 65.1 Å². The van der Waals surface area contributed by atoms with Gasteiger partial charge in [-0.3, -0.25) is 9.69 Å². The van der Waals surface area contributed by atoms with Crippen LogP contribution >= 0.6 is 0 Å². The van der Waals surface area contributed by atoms with Gasteiger partial charge in [-0.15, -0.1) is 0 Å². The zero-order chi connectivity index (χ0) is 23.9. The molecule has 2 aromatic carbocycles. The predicted molar refractivity (Wildman–Crippen MR) is 123 cm³/mol. The number of aromatic hydroxyl groups is 1. The number of allylic oxidation sites excluding steroid dienone is 3. The van der Waals surface area contributed by atoms with Crippen molar-refractivity contribution in [2.75, 3.05) is 12.0 Å². The number of nitrogens with zero attached hydrogens (tertiary/aromatic N) is 3. The minimum atomic E-state index is -0.726. The normalized spacial score (nSPS) is 19.6. The molecule has 0 aromatic heterocycles. The van der Waals surface area contributed by atoms with Gasteiger partial charge in [0.1, 0.15) is 11.9 Å². The van der Waals surface area contributed by atoms with Crippen LogP contribution in [0.25, 0.3) is 0 Å². The molecule has 7 nitrogen and oxygen atoms in total. The van der Waals surface area contributed by atoms with Crippen molar-refractivity contribution in [2.24, 2.45) is 11.1 Å². The number of ether oxygens (including phenoxy) is 1. The van der Waals surface area contributed by atoms with E-state index in [-0.39, 0.29) is 28.3 Å². The molecule has 0 radical (unpaired) electrons. The maximum Gasteiger partial charge on any atom is 0.162 e. The van der Waals surface area contributed by atoms with E-state index in [9.17, 15) is 20.4 Å². The summed E-state index contributed by atoms with van der Waals surface area (Å²) in [4.78, 5) is 15.2. The third kappa shape index (κ3) is 3.58. The Morgan fingerprint density at radius 3 is 2.52 bits per heavy atom. The van der Waals surface area contributed by atoms with Crippen LogP contribution in [0.1, 0.15) is 43.7 Å². The van der Waals surface area contributed by atoms with Crippen molar-refractivity contribution in [2.45, 2.75) is 32.6 Å². The lowest BCUT2D eigenvalue weighted by atomic mass is 9.68. The van der Waals surface area contributed by atoms with E-state index in [1.54, 1.807) is 41.3 Å². The Labute approximate surface area is 192 Å². The number of nitrogens with two attached hydrogens (primary N) is 1. The molecule has 0 amide bonds. The summed E-state index contributed by atoms with van der Waals surface area (Å²) in [6, 6.07) is 16.2. The van der Waals surface area contributed by atoms with Gasteiger partial charge in [0.2, 0.25) is 0 Å². The third-order valence-corrected chi connectivity index (χ3v) is 6.18. The van der Waals surface area contributed by atoms with E-state index in [1.165, 1.54) is 13.2 Å². The highest BCUT2D eigenvalue weighted by atomic mass is 16.5. The largest absolute Gasteiger partial charge is 0.504 e. The van der Waals surface area contributed by atoms with Gasteiger partial charge in [0.15, 0.2) is 17.3 Å². The van der Waals surface area contributed by atoms with Crippen molar-refractivity contribution in [1.29, 1.82) is 10.5 Å². The van der Waals surface area contributed by atoms with Crippen LogP contribution in [-0.4, -0.2) is 18.0 Å². The van der Waals surface area contributed by atoms with E-state index in [4.69, 9.17) is 10.5 Å². The molecule has 33 heavy (non-hydrogen) atoms. The molecule has 0 spiro atoms. The van der Waals surface area contributed by atoms with Crippen molar-refractivity contribution >= 4 is 11.5 Å². The van der Waals surface area contributed by atoms with Crippen LogP contribution in [-0.2, 0) is 4.79 Å². The van der Waals surface area contributed by atoms with Crippen LogP contribution in [0.2, 0.25) is 0 Å². The number of ketones is 1. The first-order valence-corrected chi connectivity index (χ1v) is 10.5. The monoisotopic (exact) mass is 440 g/mol. The molecule has 4 rings (SSSR count). The Balaban J connectivity index is 2.03. The topological polar surface area (TPSA) is 123 Å². The van der Waals surface area contributed by atoms with Crippen LogP contribution in [0.5, 0.6) is 11.5 Å². The lowest BCUT2D eigenvalue weighted by Crippen LogP contribution is -2.42. The molecule has 166 valence electrons. The first-order chi connectivity index (χ1) is 15.7. The molecule has 1 atom stereocenters. The Hall–Kier alpha value is -4.23. The number of anilines is 1. The van der Waals surface area contributed by atoms with Crippen LogP contribution in [0.3, 0.4) is 0 Å². The Kier molecular flexibility index (Phi) is 5.35. The summed E-state index contributed by atoms with van der Waals surface area (Å²) in [5.74, 6) is -0.435. The number of benzene rings is 2. The zero-order valence-corrected chi connectivity index (χ0v) is 18.7. The SMILES string of the molecule is COc1ccc([C@H]2C(C#N)=C(N)N(c3ccccc3C#N)C3=C2C(=O)CC(C)(C)C3)cc1O. The summed E-state index contributed by atoms with van der Waals surface area (Å²) in [6.07, 6.45) is 0.850. The van der Waals surface area contributed by atoms with Crippen molar-refractivity contribution < 1.29 is 14.6 Å². The highest BCUT2D eigenvalue weighted by Gasteiger charge is 2.45. The number of para-hydroxylation sites is 1. The van der Waals surface area contributed by atoms with Crippen LogP contribution in [0, 0.1) is 28.1 Å². The second kappa shape index (κ2) is 8.03. The molecule has 0 fully saturated rings. The minimum absolute atomic E-state index is 0.0822. The van der Waals surface area contributed by atoms with E-state index in [0.717, 1.165) is 0 Å². The van der Waals surface area contributed by atoms with Crippen LogP contribution < -0.4 is 15.4 Å². The molecule has 1 heterocycles. The van der Waals surface area contributed by atoms with E-state index >= 15 is 0 Å². The number of carbonyl (C=O) groups excluding carboxylic acids is 1. The van der Waals surface area contributed by atoms with Gasteiger partial charge in [0, 0.05) is 17.7 Å². The van der Waals surface area contributed by atoms with E-state index < -0.39 is 5.92 Å². The molecular weight excluding hydrogens is 416 g/mol. The van der Waals surface area contributed by atoms with Crippen molar-refractivity contribution in [1.82, 2.24) is 0 Å². The molecule has 0 saturated carbocycles. The lowest BCUT2D eigenvalue weighted by molar-refractivity contribution is -0.118. The quantitative estimate of drug-likeness (QED) is 0.732. The maximum atomic E-state index is 13.5. The fraction of sp³-hybridized carbons (Fsp3) is 0.269. The van der Waals surface area contributed by atoms with Gasteiger partial charge in [-0.05, 0) is 41.7 Å². The Bertz CT molecular complexity index is 1310. The van der Waals surface area contributed by atoms with E-state index in [2.05, 4.69) is 12.1 Å². The molecule has 0 unspecified atom stereocenters. The predicted octanol–water partition coefficient (Wildman–Crippen LogP) is 4.21. The van der Waals surface area contributed by atoms with Crippen molar-refractivity contribution in [3.05, 3.63) is 76.3 Å². The number of rotatable bonds is 3. The van der Waals surface area contributed by atoms with Gasteiger partial charge in [0.25, 0.3) is 0 Å². The highest BCUT2D eigenvalue weighted by Crippen LogP contribution is 2.51. The maximum absolute atomic E-state index is 13.5. The molecule has 1 aliphatic heterocycles. The van der Waals surface area contributed by atoms with Gasteiger partial charge in [-0.1, -0.05) is 32.0 Å². The zero-order valence-electron chi connectivity index (χ0n) is 18.7. The smallest absolute Gasteiger partial charge is 0.162 e. The molecule has 3 N–H and O–H groups in total. The molecule has 0 bridgehead atoms. The van der Waals surface area contributed by atoms with Crippen molar-refractivity contribution in [3.8, 4) is 23.6 Å². The first-order valence-electron chi connectivity index (χ1n) is 10.5. The minimum Gasteiger partial charge on any atom is -0.504 e. The average Bonchev–Trinajstić information content (AvgIpc) is 2.77. The van der Waals surface area contributed by atoms with E-state index in [0.29, 0.717) is 46.7 Å². The summed E-state index contributed by atoms with van der Waals surface area (Å²) < 4.78 is 5.15. The number of phenols is 1. The first kappa shape index (κ1) is 22.0. The van der Waals surface area contributed by atoms with E-state index in [1.807, 2.05) is 13.8 Å². The van der Waals surface area contributed by atoms with Gasteiger partial charge in [0.05, 0.1) is 35.9 Å². The fourth-order valence-electron chi connectivity index (χ4n) is 4.77. The third-order valence-electron chi connectivity index (χ3n) is 6.18. The van der Waals surface area contributed by atoms with Crippen LogP contribution in [0.4, 0.5) is 5.69 Å². The molecule has 0 saturated heterocycles. The fourth-order valence-corrected chi connectivity index (χ4v) is 4.77. The molecule has 1 aliphatic carbocycles. The average molecular weight is 441 g/mol. The second-order valence-corrected chi connectivity index (χ2v) is 9.04. The Morgan fingerprint density at radius 2 is 1.88 bits per heavy atom. The number of methoxy groups -OCH3 is 1. The molecule has 7 heteroatoms. The number of phenolic OH excluding ortho intramolecular Hbond substituents is 1. The van der Waals surface area contributed by atoms with Gasteiger partial charge in [-0.2, -0.15) is 10.5 Å². The summed E-state index contributed by atoms with van der Waals surface area (Å²) in [5, 5.41) is 30.2. The number of carbonyl (C=O) groups is 1. The van der Waals surface area contributed by atoms with Crippen molar-refractivity contribution in [3.63, 3.8) is 0 Å². The standard InChI is InChI=1S/C26H24N4O3/c1-26(2)11-19-24(21(32)12-26)23(15-8-9-22(33-3)20(31)10-15)17(14-28)25(29)30(19)18-7-5-4-6-16(18)13-27/h4-10,23,31H,11-12,29H2,1-3H3/t23-/m0/s1. The number of nitriles is 2.